The third-order valence-corrected chi connectivity index (χ3v) is 5.12. The van der Waals surface area contributed by atoms with Crippen molar-refractivity contribution in [3.05, 3.63) is 24.0 Å². The fourth-order valence-electron chi connectivity index (χ4n) is 2.75. The summed E-state index contributed by atoms with van der Waals surface area (Å²) in [6.07, 6.45) is 3.45. The maximum absolute atomic E-state index is 13.6. The maximum Gasteiger partial charge on any atom is 0.253 e. The number of hydrogen-bond acceptors (Lipinski definition) is 4. The van der Waals surface area contributed by atoms with E-state index in [1.54, 1.807) is 0 Å². The van der Waals surface area contributed by atoms with E-state index >= 15 is 0 Å². The Labute approximate surface area is 134 Å². The molecule has 1 aliphatic carbocycles. The van der Waals surface area contributed by atoms with Gasteiger partial charge in [-0.2, -0.15) is 0 Å². The van der Waals surface area contributed by atoms with Crippen molar-refractivity contribution in [3.8, 4) is 0 Å². The molecule has 1 aliphatic heterocycles. The van der Waals surface area contributed by atoms with E-state index in [2.05, 4.69) is 5.32 Å². The highest BCUT2D eigenvalue weighted by molar-refractivity contribution is 7.92. The maximum atomic E-state index is 13.6. The Morgan fingerprint density at radius 2 is 2.09 bits per heavy atom. The molecule has 1 saturated heterocycles. The molecular weight excluding hydrogens is 323 g/mol. The van der Waals surface area contributed by atoms with Crippen molar-refractivity contribution in [2.24, 2.45) is 0 Å². The number of sulfonamides is 1. The lowest BCUT2D eigenvalue weighted by atomic mass is 10.2. The molecule has 0 bridgehead atoms. The Morgan fingerprint density at radius 1 is 1.35 bits per heavy atom. The Balaban J connectivity index is 1.92. The Morgan fingerprint density at radius 3 is 2.65 bits per heavy atom. The summed E-state index contributed by atoms with van der Waals surface area (Å²) >= 11 is 0. The summed E-state index contributed by atoms with van der Waals surface area (Å²) in [5.74, 6) is -0.917. The molecule has 1 heterocycles. The van der Waals surface area contributed by atoms with Crippen LogP contribution in [0.5, 0.6) is 0 Å². The van der Waals surface area contributed by atoms with Gasteiger partial charge >= 0.3 is 0 Å². The van der Waals surface area contributed by atoms with Crippen molar-refractivity contribution in [1.29, 1.82) is 0 Å². The largest absolute Gasteiger partial charge is 0.368 e. The number of carbonyl (C=O) groups is 1. The average Bonchev–Trinajstić information content (AvgIpc) is 3.12. The first-order valence-corrected chi connectivity index (χ1v) is 9.42. The van der Waals surface area contributed by atoms with Gasteiger partial charge < -0.3 is 10.1 Å². The van der Waals surface area contributed by atoms with E-state index in [1.165, 1.54) is 16.4 Å². The van der Waals surface area contributed by atoms with Crippen molar-refractivity contribution in [3.63, 3.8) is 0 Å². The number of rotatable bonds is 5. The standard InChI is InChI=1S/C15H19FN2O4S/c1-23(20,21)18(11-5-6-11)13-7-4-10(16)9-12(13)17-15(19)14-3-2-8-22-14/h4,7,9,11,14H,2-3,5-6,8H2,1H3,(H,17,19). The van der Waals surface area contributed by atoms with Crippen molar-refractivity contribution in [2.75, 3.05) is 22.5 Å². The highest BCUT2D eigenvalue weighted by atomic mass is 32.2. The SMILES string of the molecule is CS(=O)(=O)N(c1ccc(F)cc1NC(=O)C1CCCO1)C1CC1. The molecule has 1 amide bonds. The van der Waals surface area contributed by atoms with Crippen molar-refractivity contribution < 1.29 is 22.3 Å². The van der Waals surface area contributed by atoms with E-state index in [1.807, 2.05) is 0 Å². The van der Waals surface area contributed by atoms with E-state index in [-0.39, 0.29) is 17.6 Å². The zero-order valence-corrected chi connectivity index (χ0v) is 13.6. The molecule has 1 atom stereocenters. The summed E-state index contributed by atoms with van der Waals surface area (Å²) < 4.78 is 44.3. The predicted molar refractivity (Wildman–Crippen MR) is 84.3 cm³/mol. The van der Waals surface area contributed by atoms with Gasteiger partial charge in [0, 0.05) is 12.6 Å². The fourth-order valence-corrected chi connectivity index (χ4v) is 4.02. The van der Waals surface area contributed by atoms with Gasteiger partial charge in [-0.1, -0.05) is 0 Å². The second-order valence-corrected chi connectivity index (χ2v) is 7.80. The van der Waals surface area contributed by atoms with Crippen LogP contribution in [0.2, 0.25) is 0 Å². The molecular formula is C15H19FN2O4S. The van der Waals surface area contributed by atoms with Crippen LogP contribution in [0.25, 0.3) is 0 Å². The first-order valence-electron chi connectivity index (χ1n) is 7.57. The number of halogens is 1. The van der Waals surface area contributed by atoms with Crippen LogP contribution >= 0.6 is 0 Å². The zero-order valence-electron chi connectivity index (χ0n) is 12.8. The zero-order chi connectivity index (χ0) is 16.6. The molecule has 8 heteroatoms. The summed E-state index contributed by atoms with van der Waals surface area (Å²) in [4.78, 5) is 12.2. The van der Waals surface area contributed by atoms with Crippen LogP contribution in [0.1, 0.15) is 25.7 Å². The van der Waals surface area contributed by atoms with Gasteiger partial charge in [-0.15, -0.1) is 0 Å². The van der Waals surface area contributed by atoms with Gasteiger partial charge in [0.15, 0.2) is 0 Å². The summed E-state index contributed by atoms with van der Waals surface area (Å²) in [7, 11) is -3.52. The van der Waals surface area contributed by atoms with Gasteiger partial charge in [-0.05, 0) is 43.9 Å². The predicted octanol–water partition coefficient (Wildman–Crippen LogP) is 1.87. The molecule has 1 saturated carbocycles. The molecule has 1 aromatic carbocycles. The highest BCUT2D eigenvalue weighted by Crippen LogP contribution is 2.38. The molecule has 1 unspecified atom stereocenters. The monoisotopic (exact) mass is 342 g/mol. The molecule has 0 radical (unpaired) electrons. The molecule has 1 N–H and O–H groups in total. The minimum absolute atomic E-state index is 0.131. The number of benzene rings is 1. The van der Waals surface area contributed by atoms with E-state index < -0.39 is 21.9 Å². The third-order valence-electron chi connectivity index (χ3n) is 3.91. The lowest BCUT2D eigenvalue weighted by Crippen LogP contribution is -2.34. The molecule has 3 rings (SSSR count). The van der Waals surface area contributed by atoms with Gasteiger partial charge in [0.25, 0.3) is 5.91 Å². The first-order chi connectivity index (χ1) is 10.9. The first kappa shape index (κ1) is 16.2. The van der Waals surface area contributed by atoms with Gasteiger partial charge in [-0.3, -0.25) is 9.10 Å². The number of nitrogens with zero attached hydrogens (tertiary/aromatic N) is 1. The molecule has 6 nitrogen and oxygen atoms in total. The van der Waals surface area contributed by atoms with Crippen LogP contribution in [0.15, 0.2) is 18.2 Å². The Hall–Kier alpha value is -1.67. The van der Waals surface area contributed by atoms with Gasteiger partial charge in [0.05, 0.1) is 17.6 Å². The number of carbonyl (C=O) groups excluding carboxylic acids is 1. The molecule has 2 fully saturated rings. The van der Waals surface area contributed by atoms with Gasteiger partial charge in [-0.25, -0.2) is 12.8 Å². The third kappa shape index (κ3) is 3.64. The topological polar surface area (TPSA) is 75.7 Å². The summed E-state index contributed by atoms with van der Waals surface area (Å²) in [6, 6.07) is 3.59. The number of anilines is 2. The number of ether oxygens (including phenoxy) is 1. The summed E-state index contributed by atoms with van der Waals surface area (Å²) in [5, 5.41) is 2.62. The fraction of sp³-hybridized carbons (Fsp3) is 0.533. The average molecular weight is 342 g/mol. The molecule has 2 aliphatic rings. The smallest absolute Gasteiger partial charge is 0.253 e. The molecule has 1 aromatic rings. The molecule has 126 valence electrons. The number of amides is 1. The van der Waals surface area contributed by atoms with Crippen molar-refractivity contribution in [1.82, 2.24) is 0 Å². The van der Waals surface area contributed by atoms with E-state index in [0.717, 1.165) is 31.6 Å². The normalized spacial score (nSPS) is 21.2. The van der Waals surface area contributed by atoms with Crippen LogP contribution in [0.3, 0.4) is 0 Å². The van der Waals surface area contributed by atoms with Gasteiger partial charge in [0.1, 0.15) is 11.9 Å². The molecule has 0 aromatic heterocycles. The van der Waals surface area contributed by atoms with Crippen LogP contribution in [-0.2, 0) is 19.6 Å². The molecule has 0 spiro atoms. The Kier molecular flexibility index (Phi) is 4.29. The van der Waals surface area contributed by atoms with Crippen LogP contribution in [0.4, 0.5) is 15.8 Å². The van der Waals surface area contributed by atoms with Crippen LogP contribution in [0, 0.1) is 5.82 Å². The summed E-state index contributed by atoms with van der Waals surface area (Å²) in [5.41, 5.74) is 0.450. The van der Waals surface area contributed by atoms with Crippen LogP contribution in [-0.4, -0.2) is 39.3 Å². The Bertz CT molecular complexity index is 712. The number of hydrogen-bond donors (Lipinski definition) is 1. The van der Waals surface area contributed by atoms with E-state index in [9.17, 15) is 17.6 Å². The van der Waals surface area contributed by atoms with Crippen molar-refractivity contribution >= 4 is 27.3 Å². The van der Waals surface area contributed by atoms with Crippen molar-refractivity contribution in [2.45, 2.75) is 37.8 Å². The highest BCUT2D eigenvalue weighted by Gasteiger charge is 2.37. The number of nitrogens with one attached hydrogen (secondary N) is 1. The lowest BCUT2D eigenvalue weighted by molar-refractivity contribution is -0.124. The second-order valence-electron chi connectivity index (χ2n) is 5.94. The minimum Gasteiger partial charge on any atom is -0.368 e. The van der Waals surface area contributed by atoms with E-state index in [0.29, 0.717) is 18.7 Å². The lowest BCUT2D eigenvalue weighted by Gasteiger charge is -2.25. The minimum atomic E-state index is -3.52. The van der Waals surface area contributed by atoms with Gasteiger partial charge in [0.2, 0.25) is 10.0 Å². The quantitative estimate of drug-likeness (QED) is 0.886. The van der Waals surface area contributed by atoms with E-state index in [4.69, 9.17) is 4.74 Å². The summed E-state index contributed by atoms with van der Waals surface area (Å²) in [6.45, 7) is 0.519. The van der Waals surface area contributed by atoms with Crippen LogP contribution < -0.4 is 9.62 Å². The molecule has 23 heavy (non-hydrogen) atoms. The second kappa shape index (κ2) is 6.09.